The number of aryl methyl sites for hydroxylation is 1. The summed E-state index contributed by atoms with van der Waals surface area (Å²) < 4.78 is 5.59. The number of nitrogens with one attached hydrogen (secondary N) is 1. The summed E-state index contributed by atoms with van der Waals surface area (Å²) in [5.41, 5.74) is 0. The first-order valence-corrected chi connectivity index (χ1v) is 7.56. The molecule has 1 saturated heterocycles. The van der Waals surface area contributed by atoms with E-state index in [2.05, 4.69) is 5.32 Å². The van der Waals surface area contributed by atoms with Crippen LogP contribution < -0.4 is 5.32 Å². The van der Waals surface area contributed by atoms with Gasteiger partial charge in [-0.05, 0) is 31.9 Å². The Labute approximate surface area is 111 Å². The molecule has 1 atom stereocenters. The van der Waals surface area contributed by atoms with Crippen LogP contribution in [0.25, 0.3) is 0 Å². The Kier molecular flexibility index (Phi) is 3.35. The van der Waals surface area contributed by atoms with Crippen molar-refractivity contribution >= 4 is 17.7 Å². The van der Waals surface area contributed by atoms with Crippen molar-refractivity contribution in [3.63, 3.8) is 0 Å². The lowest BCUT2D eigenvalue weighted by molar-refractivity contribution is -0.134. The van der Waals surface area contributed by atoms with Crippen LogP contribution in [0.2, 0.25) is 0 Å². The van der Waals surface area contributed by atoms with Crippen molar-refractivity contribution in [1.29, 1.82) is 0 Å². The smallest absolute Gasteiger partial charge is 0.241 e. The van der Waals surface area contributed by atoms with Gasteiger partial charge < -0.3 is 9.32 Å². The monoisotopic (exact) mass is 266 g/mol. The van der Waals surface area contributed by atoms with E-state index < -0.39 is 0 Å². The third-order valence-corrected chi connectivity index (χ3v) is 4.35. The van der Waals surface area contributed by atoms with Gasteiger partial charge in [-0.3, -0.25) is 10.1 Å². The Morgan fingerprint density at radius 3 is 2.94 bits per heavy atom. The van der Waals surface area contributed by atoms with Gasteiger partial charge in [-0.2, -0.15) is 0 Å². The van der Waals surface area contributed by atoms with Gasteiger partial charge in [-0.25, -0.2) is 0 Å². The minimum Gasteiger partial charge on any atom is -0.464 e. The molecule has 0 bridgehead atoms. The zero-order valence-electron chi connectivity index (χ0n) is 10.5. The van der Waals surface area contributed by atoms with E-state index in [0.717, 1.165) is 36.0 Å². The number of carbonyl (C=O) groups excluding carboxylic acids is 1. The summed E-state index contributed by atoms with van der Waals surface area (Å²) in [4.78, 5) is 14.4. The summed E-state index contributed by atoms with van der Waals surface area (Å²) in [6.45, 7) is 2.54. The molecule has 1 aliphatic carbocycles. The number of amides is 1. The fourth-order valence-electron chi connectivity index (χ4n) is 2.27. The Balaban J connectivity index is 1.69. The van der Waals surface area contributed by atoms with E-state index in [1.54, 1.807) is 11.8 Å². The number of hydrogen-bond acceptors (Lipinski definition) is 4. The molecule has 0 spiro atoms. The third-order valence-electron chi connectivity index (χ3n) is 3.41. The van der Waals surface area contributed by atoms with Gasteiger partial charge in [0.15, 0.2) is 0 Å². The topological polar surface area (TPSA) is 45.5 Å². The third kappa shape index (κ3) is 2.57. The Bertz CT molecular complexity index is 436. The minimum atomic E-state index is -0.00772. The second-order valence-corrected chi connectivity index (χ2v) is 6.01. The van der Waals surface area contributed by atoms with Gasteiger partial charge in [-0.15, -0.1) is 11.8 Å². The van der Waals surface area contributed by atoms with Crippen molar-refractivity contribution in [3.8, 4) is 0 Å². The SMILES string of the molecule is Cc1ccc(CN(C(=O)C2CSCN2)C2CC2)o1. The zero-order valence-corrected chi connectivity index (χ0v) is 11.3. The first-order chi connectivity index (χ1) is 8.74. The fraction of sp³-hybridized carbons (Fsp3) is 0.615. The second-order valence-electron chi connectivity index (χ2n) is 4.98. The largest absolute Gasteiger partial charge is 0.464 e. The molecule has 2 fully saturated rings. The molecule has 0 radical (unpaired) electrons. The molecule has 4 nitrogen and oxygen atoms in total. The van der Waals surface area contributed by atoms with Crippen molar-refractivity contribution in [3.05, 3.63) is 23.7 Å². The van der Waals surface area contributed by atoms with Crippen LogP contribution in [0.4, 0.5) is 0 Å². The van der Waals surface area contributed by atoms with E-state index >= 15 is 0 Å². The van der Waals surface area contributed by atoms with Crippen molar-refractivity contribution in [2.45, 2.75) is 38.4 Å². The van der Waals surface area contributed by atoms with Crippen LogP contribution in [0.15, 0.2) is 16.5 Å². The molecular weight excluding hydrogens is 248 g/mol. The summed E-state index contributed by atoms with van der Waals surface area (Å²) in [7, 11) is 0. The molecule has 0 aromatic carbocycles. The predicted octanol–water partition coefficient (Wildman–Crippen LogP) is 1.74. The van der Waals surface area contributed by atoms with E-state index in [9.17, 15) is 4.79 Å². The molecule has 1 unspecified atom stereocenters. The van der Waals surface area contributed by atoms with Crippen LogP contribution in [0.5, 0.6) is 0 Å². The van der Waals surface area contributed by atoms with Crippen LogP contribution in [0.3, 0.4) is 0 Å². The van der Waals surface area contributed by atoms with Crippen LogP contribution in [0.1, 0.15) is 24.4 Å². The average Bonchev–Trinajstić information content (AvgIpc) is 2.89. The zero-order chi connectivity index (χ0) is 12.5. The lowest BCUT2D eigenvalue weighted by Gasteiger charge is -2.24. The number of rotatable bonds is 4. The summed E-state index contributed by atoms with van der Waals surface area (Å²) in [6, 6.07) is 4.34. The number of nitrogens with zero attached hydrogens (tertiary/aromatic N) is 1. The fourth-order valence-corrected chi connectivity index (χ4v) is 3.20. The number of hydrogen-bond donors (Lipinski definition) is 1. The number of thioether (sulfide) groups is 1. The molecule has 2 heterocycles. The Morgan fingerprint density at radius 2 is 2.39 bits per heavy atom. The summed E-state index contributed by atoms with van der Waals surface area (Å²) in [5, 5.41) is 3.25. The van der Waals surface area contributed by atoms with Crippen molar-refractivity contribution in [1.82, 2.24) is 10.2 Å². The first kappa shape index (κ1) is 12.1. The first-order valence-electron chi connectivity index (χ1n) is 6.41. The molecule has 1 aliphatic heterocycles. The van der Waals surface area contributed by atoms with E-state index in [4.69, 9.17) is 4.42 Å². The molecule has 1 amide bonds. The van der Waals surface area contributed by atoms with Crippen molar-refractivity contribution < 1.29 is 9.21 Å². The number of carbonyl (C=O) groups is 1. The maximum absolute atomic E-state index is 12.4. The van der Waals surface area contributed by atoms with E-state index in [1.165, 1.54) is 0 Å². The maximum atomic E-state index is 12.4. The Morgan fingerprint density at radius 1 is 1.56 bits per heavy atom. The molecule has 1 saturated carbocycles. The highest BCUT2D eigenvalue weighted by atomic mass is 32.2. The highest BCUT2D eigenvalue weighted by Crippen LogP contribution is 2.30. The van der Waals surface area contributed by atoms with Gasteiger partial charge >= 0.3 is 0 Å². The maximum Gasteiger partial charge on any atom is 0.241 e. The lowest BCUT2D eigenvalue weighted by Crippen LogP contribution is -2.45. The van der Waals surface area contributed by atoms with Gasteiger partial charge in [0, 0.05) is 17.7 Å². The van der Waals surface area contributed by atoms with Gasteiger partial charge in [-0.1, -0.05) is 0 Å². The quantitative estimate of drug-likeness (QED) is 0.901. The molecule has 98 valence electrons. The molecule has 1 N–H and O–H groups in total. The van der Waals surface area contributed by atoms with Crippen molar-refractivity contribution in [2.75, 3.05) is 11.6 Å². The minimum absolute atomic E-state index is 0.00772. The normalized spacial score (nSPS) is 23.3. The van der Waals surface area contributed by atoms with E-state index in [-0.39, 0.29) is 11.9 Å². The molecular formula is C13H18N2O2S. The van der Waals surface area contributed by atoms with Gasteiger partial charge in [0.1, 0.15) is 11.5 Å². The molecule has 1 aromatic rings. The van der Waals surface area contributed by atoms with Gasteiger partial charge in [0.25, 0.3) is 0 Å². The van der Waals surface area contributed by atoms with Crippen LogP contribution in [-0.2, 0) is 11.3 Å². The molecule has 5 heteroatoms. The van der Waals surface area contributed by atoms with Gasteiger partial charge in [0.2, 0.25) is 5.91 Å². The van der Waals surface area contributed by atoms with Crippen LogP contribution >= 0.6 is 11.8 Å². The lowest BCUT2D eigenvalue weighted by atomic mass is 10.2. The Hall–Kier alpha value is -0.940. The predicted molar refractivity (Wildman–Crippen MR) is 71.3 cm³/mol. The standard InChI is InChI=1S/C13H18N2O2S/c1-9-2-5-11(17-9)6-15(10-3-4-10)13(16)12-7-18-8-14-12/h2,5,10,12,14H,3-4,6-8H2,1H3. The van der Waals surface area contributed by atoms with E-state index in [0.29, 0.717) is 12.6 Å². The summed E-state index contributed by atoms with van der Waals surface area (Å²) in [5.74, 6) is 3.80. The van der Waals surface area contributed by atoms with Crippen LogP contribution in [-0.4, -0.2) is 34.5 Å². The van der Waals surface area contributed by atoms with Crippen LogP contribution in [0, 0.1) is 6.92 Å². The highest BCUT2D eigenvalue weighted by Gasteiger charge is 2.37. The van der Waals surface area contributed by atoms with Gasteiger partial charge in [0.05, 0.1) is 12.6 Å². The molecule has 1 aromatic heterocycles. The summed E-state index contributed by atoms with van der Waals surface area (Å²) >= 11 is 1.79. The van der Waals surface area contributed by atoms with E-state index in [1.807, 2.05) is 24.0 Å². The van der Waals surface area contributed by atoms with Crippen molar-refractivity contribution in [2.24, 2.45) is 0 Å². The average molecular weight is 266 g/mol. The molecule has 3 rings (SSSR count). The molecule has 2 aliphatic rings. The number of furan rings is 1. The molecule has 18 heavy (non-hydrogen) atoms. The summed E-state index contributed by atoms with van der Waals surface area (Å²) in [6.07, 6.45) is 2.26. The second kappa shape index (κ2) is 4.97. The highest BCUT2D eigenvalue weighted by molar-refractivity contribution is 7.99.